The lowest BCUT2D eigenvalue weighted by Crippen LogP contribution is -2.32. The zero-order valence-corrected chi connectivity index (χ0v) is 15.0. The van der Waals surface area contributed by atoms with Crippen LogP contribution in [0.1, 0.15) is 17.3 Å². The highest BCUT2D eigenvalue weighted by atomic mass is 35.5. The van der Waals surface area contributed by atoms with Gasteiger partial charge < -0.3 is 10.3 Å². The fourth-order valence-corrected chi connectivity index (χ4v) is 4.36. The van der Waals surface area contributed by atoms with Gasteiger partial charge in [0.25, 0.3) is 10.0 Å². The molecule has 2 N–H and O–H groups in total. The highest BCUT2D eigenvalue weighted by molar-refractivity contribution is 7.89. The molecule has 2 aromatic rings. The molecule has 6 nitrogen and oxygen atoms in total. The van der Waals surface area contributed by atoms with Crippen LogP contribution in [0.2, 0.25) is 0 Å². The Hall–Kier alpha value is -1.48. The van der Waals surface area contributed by atoms with Crippen molar-refractivity contribution in [1.82, 2.24) is 13.9 Å². The Morgan fingerprint density at radius 2 is 1.88 bits per heavy atom. The molecule has 0 unspecified atom stereocenters. The van der Waals surface area contributed by atoms with Crippen molar-refractivity contribution in [3.8, 4) is 0 Å². The molecule has 0 spiro atoms. The molecule has 1 aliphatic rings. The summed E-state index contributed by atoms with van der Waals surface area (Å²) >= 11 is 0. The Bertz CT molecular complexity index is 803. The Morgan fingerprint density at radius 1 is 1.25 bits per heavy atom. The number of nitrogens with two attached hydrogens (primary N) is 1. The molecule has 3 rings (SSSR count). The third-order valence-corrected chi connectivity index (χ3v) is 6.02. The SMILES string of the molecule is Cc1nc(S(=O)(=O)N2C[C@H](c3ccc(F)cc3)[C@@H](N)C2)cn1C.Cl. The molecule has 0 saturated carbocycles. The number of halogens is 2. The van der Waals surface area contributed by atoms with Crippen molar-refractivity contribution in [3.05, 3.63) is 47.7 Å². The van der Waals surface area contributed by atoms with Crippen LogP contribution in [0.15, 0.2) is 35.5 Å². The molecule has 0 bridgehead atoms. The second-order valence-corrected chi connectivity index (χ2v) is 7.77. The summed E-state index contributed by atoms with van der Waals surface area (Å²) in [6.45, 7) is 2.24. The Labute approximate surface area is 146 Å². The van der Waals surface area contributed by atoms with Crippen LogP contribution in [0.4, 0.5) is 4.39 Å². The van der Waals surface area contributed by atoms with E-state index in [-0.39, 0.29) is 48.3 Å². The molecule has 1 fully saturated rings. The zero-order chi connectivity index (χ0) is 16.8. The highest BCUT2D eigenvalue weighted by Gasteiger charge is 2.39. The Morgan fingerprint density at radius 3 is 2.42 bits per heavy atom. The Balaban J connectivity index is 0.00000208. The first-order valence-electron chi connectivity index (χ1n) is 7.30. The molecular weight excluding hydrogens is 355 g/mol. The van der Waals surface area contributed by atoms with Crippen LogP contribution in [0.3, 0.4) is 0 Å². The van der Waals surface area contributed by atoms with Gasteiger partial charge in [-0.1, -0.05) is 12.1 Å². The lowest BCUT2D eigenvalue weighted by molar-refractivity contribution is 0.467. The number of hydrogen-bond donors (Lipinski definition) is 1. The van der Waals surface area contributed by atoms with Gasteiger partial charge in [0.05, 0.1) is 0 Å². The number of sulfonamides is 1. The van der Waals surface area contributed by atoms with Crippen molar-refractivity contribution in [1.29, 1.82) is 0 Å². The number of nitrogens with zero attached hydrogens (tertiary/aromatic N) is 3. The maximum Gasteiger partial charge on any atom is 0.262 e. The van der Waals surface area contributed by atoms with Gasteiger partial charge >= 0.3 is 0 Å². The molecule has 0 radical (unpaired) electrons. The number of hydrogen-bond acceptors (Lipinski definition) is 4. The summed E-state index contributed by atoms with van der Waals surface area (Å²) < 4.78 is 41.5. The molecule has 0 amide bonds. The number of imidazole rings is 1. The first-order chi connectivity index (χ1) is 10.8. The van der Waals surface area contributed by atoms with Gasteiger partial charge in [-0.15, -0.1) is 12.4 Å². The van der Waals surface area contributed by atoms with E-state index < -0.39 is 10.0 Å². The van der Waals surface area contributed by atoms with Crippen LogP contribution in [-0.4, -0.2) is 41.4 Å². The van der Waals surface area contributed by atoms with Gasteiger partial charge in [0.1, 0.15) is 11.6 Å². The Kier molecular flexibility index (Phi) is 5.34. The summed E-state index contributed by atoms with van der Waals surface area (Å²) in [5.74, 6) is 0.145. The maximum atomic E-state index is 13.1. The van der Waals surface area contributed by atoms with E-state index in [9.17, 15) is 12.8 Å². The summed E-state index contributed by atoms with van der Waals surface area (Å²) in [5, 5.41) is 0.0319. The minimum absolute atomic E-state index is 0. The molecule has 2 atom stereocenters. The smallest absolute Gasteiger partial charge is 0.262 e. The van der Waals surface area contributed by atoms with Crippen molar-refractivity contribution in [2.75, 3.05) is 13.1 Å². The predicted octanol–water partition coefficient (Wildman–Crippen LogP) is 1.40. The van der Waals surface area contributed by atoms with Crippen molar-refractivity contribution in [3.63, 3.8) is 0 Å². The number of rotatable bonds is 3. The molecule has 1 aromatic heterocycles. The standard InChI is InChI=1S/C15H19FN4O2S.ClH/c1-10-18-15(9-19(10)2)23(21,22)20-7-13(14(17)8-20)11-3-5-12(16)6-4-11;/h3-6,9,13-14H,7-8,17H2,1-2H3;1H/t13-,14+;/m1./s1. The molecule has 9 heteroatoms. The average Bonchev–Trinajstić information content (AvgIpc) is 3.04. The fraction of sp³-hybridized carbons (Fsp3) is 0.400. The van der Waals surface area contributed by atoms with E-state index in [1.807, 2.05) is 0 Å². The summed E-state index contributed by atoms with van der Waals surface area (Å²) in [6, 6.07) is 5.70. The summed E-state index contributed by atoms with van der Waals surface area (Å²) in [7, 11) is -1.93. The minimum atomic E-state index is -3.68. The number of aromatic nitrogens is 2. The predicted molar refractivity (Wildman–Crippen MR) is 91.1 cm³/mol. The van der Waals surface area contributed by atoms with Gasteiger partial charge in [-0.25, -0.2) is 17.8 Å². The van der Waals surface area contributed by atoms with Crippen LogP contribution in [0.5, 0.6) is 0 Å². The summed E-state index contributed by atoms with van der Waals surface area (Å²) in [5.41, 5.74) is 6.97. The van der Waals surface area contributed by atoms with Gasteiger partial charge in [0.15, 0.2) is 5.03 Å². The van der Waals surface area contributed by atoms with Gasteiger partial charge in [-0.2, -0.15) is 4.31 Å². The van der Waals surface area contributed by atoms with Crippen molar-refractivity contribution in [2.24, 2.45) is 12.8 Å². The van der Waals surface area contributed by atoms with Crippen LogP contribution < -0.4 is 5.73 Å². The van der Waals surface area contributed by atoms with Crippen molar-refractivity contribution >= 4 is 22.4 Å². The van der Waals surface area contributed by atoms with E-state index in [4.69, 9.17) is 5.73 Å². The average molecular weight is 375 g/mol. The first-order valence-corrected chi connectivity index (χ1v) is 8.74. The zero-order valence-electron chi connectivity index (χ0n) is 13.4. The first kappa shape index (κ1) is 18.9. The second-order valence-electron chi connectivity index (χ2n) is 5.88. The van der Waals surface area contributed by atoms with E-state index in [1.54, 1.807) is 30.7 Å². The molecule has 0 aliphatic carbocycles. The lowest BCUT2D eigenvalue weighted by atomic mass is 9.95. The summed E-state index contributed by atoms with van der Waals surface area (Å²) in [6.07, 6.45) is 1.50. The van der Waals surface area contributed by atoms with E-state index in [1.165, 1.54) is 22.6 Å². The van der Waals surface area contributed by atoms with Crippen LogP contribution in [0, 0.1) is 12.7 Å². The quantitative estimate of drug-likeness (QED) is 0.880. The van der Waals surface area contributed by atoms with E-state index in [0.29, 0.717) is 5.82 Å². The van der Waals surface area contributed by atoms with Gasteiger partial charge in [0, 0.05) is 38.3 Å². The topological polar surface area (TPSA) is 81.2 Å². The molecular formula is C15H20ClFN4O2S. The molecule has 2 heterocycles. The highest BCUT2D eigenvalue weighted by Crippen LogP contribution is 2.30. The molecule has 1 aliphatic heterocycles. The van der Waals surface area contributed by atoms with Crippen molar-refractivity contribution in [2.45, 2.75) is 23.9 Å². The normalized spacial score (nSPS) is 21.7. The molecule has 24 heavy (non-hydrogen) atoms. The summed E-state index contributed by atoms with van der Waals surface area (Å²) in [4.78, 5) is 4.10. The van der Waals surface area contributed by atoms with E-state index >= 15 is 0 Å². The molecule has 132 valence electrons. The van der Waals surface area contributed by atoms with Gasteiger partial charge in [-0.05, 0) is 24.6 Å². The van der Waals surface area contributed by atoms with E-state index in [2.05, 4.69) is 4.98 Å². The molecule has 1 saturated heterocycles. The number of aryl methyl sites for hydroxylation is 2. The minimum Gasteiger partial charge on any atom is -0.337 e. The van der Waals surface area contributed by atoms with Crippen LogP contribution >= 0.6 is 12.4 Å². The van der Waals surface area contributed by atoms with Gasteiger partial charge in [0.2, 0.25) is 0 Å². The monoisotopic (exact) mass is 374 g/mol. The van der Waals surface area contributed by atoms with Gasteiger partial charge in [-0.3, -0.25) is 0 Å². The van der Waals surface area contributed by atoms with Crippen molar-refractivity contribution < 1.29 is 12.8 Å². The van der Waals surface area contributed by atoms with Crippen LogP contribution in [0.25, 0.3) is 0 Å². The maximum absolute atomic E-state index is 13.1. The number of benzene rings is 1. The lowest BCUT2D eigenvalue weighted by Gasteiger charge is -2.15. The second kappa shape index (κ2) is 6.79. The van der Waals surface area contributed by atoms with E-state index in [0.717, 1.165) is 5.56 Å². The largest absolute Gasteiger partial charge is 0.337 e. The third kappa shape index (κ3) is 3.32. The van der Waals surface area contributed by atoms with Crippen LogP contribution in [-0.2, 0) is 17.1 Å². The molecule has 1 aromatic carbocycles. The fourth-order valence-electron chi connectivity index (χ4n) is 2.83. The third-order valence-electron chi connectivity index (χ3n) is 4.32.